The zero-order valence-corrected chi connectivity index (χ0v) is 11.7. The van der Waals surface area contributed by atoms with Gasteiger partial charge in [-0.2, -0.15) is 0 Å². The number of methoxy groups -OCH3 is 1. The smallest absolute Gasteiger partial charge is 0.360 e. The number of nitrogens with zero attached hydrogens (tertiary/aromatic N) is 6. The van der Waals surface area contributed by atoms with E-state index in [1.165, 1.54) is 7.11 Å². The van der Waals surface area contributed by atoms with Crippen molar-refractivity contribution in [1.82, 2.24) is 29.8 Å². The van der Waals surface area contributed by atoms with Gasteiger partial charge in [-0.1, -0.05) is 5.21 Å². The van der Waals surface area contributed by atoms with Crippen molar-refractivity contribution < 1.29 is 9.53 Å². The van der Waals surface area contributed by atoms with Crippen LogP contribution < -0.4 is 5.73 Å². The van der Waals surface area contributed by atoms with Crippen molar-refractivity contribution in [3.05, 3.63) is 23.0 Å². The quantitative estimate of drug-likeness (QED) is 0.702. The number of esters is 1. The van der Waals surface area contributed by atoms with E-state index in [0.717, 1.165) is 11.6 Å². The van der Waals surface area contributed by atoms with Crippen LogP contribution in [0.5, 0.6) is 0 Å². The van der Waals surface area contributed by atoms with Crippen molar-refractivity contribution in [1.29, 1.82) is 0 Å². The number of hydrogen-bond acceptors (Lipinski definition) is 7. The zero-order chi connectivity index (χ0) is 14.7. The van der Waals surface area contributed by atoms with Crippen LogP contribution in [0.4, 0.5) is 0 Å². The minimum Gasteiger partial charge on any atom is -0.464 e. The predicted molar refractivity (Wildman–Crippen MR) is 69.0 cm³/mol. The summed E-state index contributed by atoms with van der Waals surface area (Å²) in [4.78, 5) is 11.6. The SMILES string of the molecule is COC(=O)c1nnn(Cc2nnc(C)n2C)c1CCN. The van der Waals surface area contributed by atoms with Crippen LogP contribution in [0.15, 0.2) is 0 Å². The van der Waals surface area contributed by atoms with E-state index in [1.54, 1.807) is 4.68 Å². The van der Waals surface area contributed by atoms with Gasteiger partial charge in [-0.05, 0) is 13.5 Å². The zero-order valence-electron chi connectivity index (χ0n) is 11.7. The molecule has 0 radical (unpaired) electrons. The summed E-state index contributed by atoms with van der Waals surface area (Å²) in [6.07, 6.45) is 0.480. The van der Waals surface area contributed by atoms with Crippen LogP contribution in [0.1, 0.15) is 27.8 Å². The molecule has 0 spiro atoms. The molecular weight excluding hydrogens is 262 g/mol. The van der Waals surface area contributed by atoms with Gasteiger partial charge in [-0.3, -0.25) is 0 Å². The lowest BCUT2D eigenvalue weighted by Crippen LogP contribution is -2.16. The molecule has 0 saturated carbocycles. The third-order valence-electron chi connectivity index (χ3n) is 3.07. The molecule has 0 fully saturated rings. The average molecular weight is 279 g/mol. The second-order valence-electron chi connectivity index (χ2n) is 4.30. The summed E-state index contributed by atoms with van der Waals surface area (Å²) in [5, 5.41) is 15.9. The maximum Gasteiger partial charge on any atom is 0.360 e. The minimum absolute atomic E-state index is 0.192. The molecule has 2 N–H and O–H groups in total. The molecule has 0 unspecified atom stereocenters. The van der Waals surface area contributed by atoms with E-state index in [0.29, 0.717) is 25.2 Å². The molecule has 2 heterocycles. The molecule has 0 aliphatic heterocycles. The van der Waals surface area contributed by atoms with Crippen molar-refractivity contribution >= 4 is 5.97 Å². The highest BCUT2D eigenvalue weighted by Gasteiger charge is 2.20. The van der Waals surface area contributed by atoms with Gasteiger partial charge in [0.2, 0.25) is 0 Å². The number of nitrogens with two attached hydrogens (primary N) is 1. The summed E-state index contributed by atoms with van der Waals surface area (Å²) in [6, 6.07) is 0. The van der Waals surface area contributed by atoms with Gasteiger partial charge in [0.15, 0.2) is 11.5 Å². The Morgan fingerprint density at radius 2 is 2.10 bits per heavy atom. The molecule has 108 valence electrons. The summed E-state index contributed by atoms with van der Waals surface area (Å²) in [6.45, 7) is 2.62. The molecule has 0 amide bonds. The highest BCUT2D eigenvalue weighted by atomic mass is 16.5. The minimum atomic E-state index is -0.520. The van der Waals surface area contributed by atoms with Crippen LogP contribution in [-0.2, 0) is 24.8 Å². The second-order valence-corrected chi connectivity index (χ2v) is 4.30. The lowest BCUT2D eigenvalue weighted by atomic mass is 10.2. The van der Waals surface area contributed by atoms with Gasteiger partial charge >= 0.3 is 5.97 Å². The molecule has 9 heteroatoms. The first-order valence-corrected chi connectivity index (χ1v) is 6.14. The van der Waals surface area contributed by atoms with Crippen LogP contribution >= 0.6 is 0 Å². The molecule has 0 aliphatic carbocycles. The Bertz CT molecular complexity index is 616. The first-order chi connectivity index (χ1) is 9.58. The van der Waals surface area contributed by atoms with Gasteiger partial charge in [-0.15, -0.1) is 15.3 Å². The van der Waals surface area contributed by atoms with E-state index in [1.807, 2.05) is 18.5 Å². The number of carbonyl (C=O) groups excluding carboxylic acids is 1. The van der Waals surface area contributed by atoms with Crippen molar-refractivity contribution in [3.8, 4) is 0 Å². The predicted octanol–water partition coefficient (Wildman–Crippen LogP) is -0.949. The van der Waals surface area contributed by atoms with Crippen molar-refractivity contribution in [3.63, 3.8) is 0 Å². The topological polar surface area (TPSA) is 114 Å². The number of hydrogen-bond donors (Lipinski definition) is 1. The van der Waals surface area contributed by atoms with Gasteiger partial charge in [0.25, 0.3) is 0 Å². The van der Waals surface area contributed by atoms with E-state index in [4.69, 9.17) is 5.73 Å². The Morgan fingerprint density at radius 1 is 1.35 bits per heavy atom. The van der Waals surface area contributed by atoms with E-state index < -0.39 is 5.97 Å². The fourth-order valence-electron chi connectivity index (χ4n) is 1.82. The Morgan fingerprint density at radius 3 is 2.65 bits per heavy atom. The molecule has 0 saturated heterocycles. The molecule has 0 bridgehead atoms. The van der Waals surface area contributed by atoms with Gasteiger partial charge in [-0.25, -0.2) is 9.48 Å². The van der Waals surface area contributed by atoms with Crippen molar-refractivity contribution in [2.45, 2.75) is 19.9 Å². The first kappa shape index (κ1) is 14.1. The normalized spacial score (nSPS) is 10.8. The maximum absolute atomic E-state index is 11.6. The Kier molecular flexibility index (Phi) is 4.08. The lowest BCUT2D eigenvalue weighted by molar-refractivity contribution is 0.0592. The summed E-state index contributed by atoms with van der Waals surface area (Å²) in [7, 11) is 3.17. The molecule has 0 atom stereocenters. The molecular formula is C11H17N7O2. The van der Waals surface area contributed by atoms with E-state index >= 15 is 0 Å². The number of aryl methyl sites for hydroxylation is 1. The molecule has 0 aromatic carbocycles. The Balaban J connectivity index is 2.34. The van der Waals surface area contributed by atoms with Crippen LogP contribution in [-0.4, -0.2) is 49.4 Å². The Hall–Kier alpha value is -2.29. The molecule has 2 aromatic rings. The molecule has 20 heavy (non-hydrogen) atoms. The number of carbonyl (C=O) groups is 1. The van der Waals surface area contributed by atoms with Gasteiger partial charge < -0.3 is 15.0 Å². The summed E-state index contributed by atoms with van der Waals surface area (Å²) in [5.74, 6) is 1.00. The monoisotopic (exact) mass is 279 g/mol. The number of rotatable bonds is 5. The largest absolute Gasteiger partial charge is 0.464 e. The fourth-order valence-corrected chi connectivity index (χ4v) is 1.82. The first-order valence-electron chi connectivity index (χ1n) is 6.14. The maximum atomic E-state index is 11.6. The van der Waals surface area contributed by atoms with Crippen LogP contribution in [0, 0.1) is 6.92 Å². The molecule has 0 aliphatic rings. The van der Waals surface area contributed by atoms with E-state index in [-0.39, 0.29) is 5.69 Å². The third-order valence-corrected chi connectivity index (χ3v) is 3.07. The van der Waals surface area contributed by atoms with Crippen LogP contribution in [0.25, 0.3) is 0 Å². The number of aromatic nitrogens is 6. The average Bonchev–Trinajstić information content (AvgIpc) is 2.98. The lowest BCUT2D eigenvalue weighted by Gasteiger charge is -2.06. The van der Waals surface area contributed by atoms with Crippen LogP contribution in [0.3, 0.4) is 0 Å². The fraction of sp³-hybridized carbons (Fsp3) is 0.545. The second kappa shape index (κ2) is 5.78. The molecule has 9 nitrogen and oxygen atoms in total. The summed E-state index contributed by atoms with van der Waals surface area (Å²) < 4.78 is 8.14. The standard InChI is InChI=1S/C11H17N7O2/c1-7-13-14-9(17(7)2)6-18-8(4-5-12)10(15-16-18)11(19)20-3/h4-6,12H2,1-3H3. The summed E-state index contributed by atoms with van der Waals surface area (Å²) >= 11 is 0. The van der Waals surface area contributed by atoms with Gasteiger partial charge in [0, 0.05) is 13.5 Å². The molecule has 2 aromatic heterocycles. The van der Waals surface area contributed by atoms with E-state index in [2.05, 4.69) is 25.2 Å². The molecule has 2 rings (SSSR count). The Labute approximate surface area is 115 Å². The van der Waals surface area contributed by atoms with Crippen molar-refractivity contribution in [2.75, 3.05) is 13.7 Å². The highest BCUT2D eigenvalue weighted by molar-refractivity contribution is 5.88. The van der Waals surface area contributed by atoms with Crippen molar-refractivity contribution in [2.24, 2.45) is 12.8 Å². The summed E-state index contributed by atoms with van der Waals surface area (Å²) in [5.41, 5.74) is 6.40. The highest BCUT2D eigenvalue weighted by Crippen LogP contribution is 2.10. The van der Waals surface area contributed by atoms with Gasteiger partial charge in [0.1, 0.15) is 12.4 Å². The third kappa shape index (κ3) is 2.52. The number of ether oxygens (including phenoxy) is 1. The van der Waals surface area contributed by atoms with Gasteiger partial charge in [0.05, 0.1) is 12.8 Å². The van der Waals surface area contributed by atoms with Crippen LogP contribution in [0.2, 0.25) is 0 Å². The van der Waals surface area contributed by atoms with E-state index in [9.17, 15) is 4.79 Å².